The van der Waals surface area contributed by atoms with Gasteiger partial charge in [-0.05, 0) is 53.5 Å². The molecule has 0 amide bonds. The molecular formula is C22H34N2O4S3. The van der Waals surface area contributed by atoms with E-state index in [2.05, 4.69) is 23.3 Å². The van der Waals surface area contributed by atoms with E-state index in [-0.39, 0.29) is 35.1 Å². The third-order valence-corrected chi connectivity index (χ3v) is 9.58. The molecule has 31 heavy (non-hydrogen) atoms. The van der Waals surface area contributed by atoms with E-state index < -0.39 is 20.0 Å². The van der Waals surface area contributed by atoms with E-state index in [1.807, 2.05) is 46.8 Å². The lowest BCUT2D eigenvalue weighted by Crippen LogP contribution is -2.35. The quantitative estimate of drug-likeness (QED) is 0.477. The lowest BCUT2D eigenvalue weighted by molar-refractivity contribution is 0.568. The third kappa shape index (κ3) is 6.38. The summed E-state index contributed by atoms with van der Waals surface area (Å²) in [6.45, 7) is 13.9. The van der Waals surface area contributed by atoms with Gasteiger partial charge in [-0.2, -0.15) is 0 Å². The average molecular weight is 487 g/mol. The van der Waals surface area contributed by atoms with Gasteiger partial charge in [-0.3, -0.25) is 0 Å². The minimum Gasteiger partial charge on any atom is -0.210 e. The molecular weight excluding hydrogens is 452 g/mol. The van der Waals surface area contributed by atoms with Crippen molar-refractivity contribution in [3.63, 3.8) is 0 Å². The van der Waals surface area contributed by atoms with Gasteiger partial charge in [0.25, 0.3) is 0 Å². The number of hydrogen-bond acceptors (Lipinski definition) is 5. The van der Waals surface area contributed by atoms with Crippen molar-refractivity contribution in [2.24, 2.45) is 0 Å². The first-order valence-electron chi connectivity index (χ1n) is 10.5. The molecule has 1 aromatic carbocycles. The zero-order valence-electron chi connectivity index (χ0n) is 19.3. The summed E-state index contributed by atoms with van der Waals surface area (Å²) in [6, 6.07) is 7.26. The summed E-state index contributed by atoms with van der Waals surface area (Å²) in [6.07, 6.45) is 0. The van der Waals surface area contributed by atoms with Crippen molar-refractivity contribution in [1.29, 1.82) is 0 Å². The second-order valence-corrected chi connectivity index (χ2v) is 13.6. The van der Waals surface area contributed by atoms with Gasteiger partial charge in [-0.1, -0.05) is 53.7 Å². The van der Waals surface area contributed by atoms with Gasteiger partial charge in [-0.15, -0.1) is 11.3 Å². The third-order valence-electron chi connectivity index (χ3n) is 5.04. The van der Waals surface area contributed by atoms with Crippen LogP contribution in [0.1, 0.15) is 80.9 Å². The zero-order valence-corrected chi connectivity index (χ0v) is 21.8. The standard InChI is InChI=1S/C22H34N2O4S3/c1-14(2)18-12-19(15(3)4)22(20(13-18)16(5)6)31(27,28)24-11-10-23-30(25,26)21-9-8-17(7)29-21/h8-9,12-16,23-24H,10-11H2,1-7H3. The Morgan fingerprint density at radius 3 is 1.65 bits per heavy atom. The fraction of sp³-hybridized carbons (Fsp3) is 0.545. The average Bonchev–Trinajstić information content (AvgIpc) is 3.11. The Kier molecular flexibility index (Phi) is 8.49. The van der Waals surface area contributed by atoms with Crippen LogP contribution in [0.5, 0.6) is 0 Å². The molecule has 0 aliphatic heterocycles. The lowest BCUT2D eigenvalue weighted by atomic mass is 9.89. The molecule has 2 N–H and O–H groups in total. The van der Waals surface area contributed by atoms with Crippen molar-refractivity contribution in [3.8, 4) is 0 Å². The number of nitrogens with one attached hydrogen (secondary N) is 2. The Hall–Kier alpha value is -1.26. The van der Waals surface area contributed by atoms with Crippen molar-refractivity contribution < 1.29 is 16.8 Å². The van der Waals surface area contributed by atoms with Crippen molar-refractivity contribution >= 4 is 31.4 Å². The van der Waals surface area contributed by atoms with E-state index >= 15 is 0 Å². The first kappa shape index (κ1) is 26.0. The van der Waals surface area contributed by atoms with E-state index in [1.54, 1.807) is 12.1 Å². The predicted octanol–water partition coefficient (Wildman–Crippen LogP) is 4.68. The van der Waals surface area contributed by atoms with Gasteiger partial charge >= 0.3 is 0 Å². The molecule has 0 spiro atoms. The van der Waals surface area contributed by atoms with Gasteiger partial charge in [0.2, 0.25) is 20.0 Å². The number of rotatable bonds is 10. The molecule has 1 heterocycles. The highest BCUT2D eigenvalue weighted by atomic mass is 32.2. The molecule has 0 radical (unpaired) electrons. The van der Waals surface area contributed by atoms with E-state index in [9.17, 15) is 16.8 Å². The number of thiophene rings is 1. The highest BCUT2D eigenvalue weighted by Crippen LogP contribution is 2.35. The van der Waals surface area contributed by atoms with Crippen LogP contribution < -0.4 is 9.44 Å². The number of sulfonamides is 2. The summed E-state index contributed by atoms with van der Waals surface area (Å²) in [5.74, 6) is 0.349. The van der Waals surface area contributed by atoms with Crippen LogP contribution in [0, 0.1) is 6.92 Å². The van der Waals surface area contributed by atoms with Crippen molar-refractivity contribution in [2.45, 2.75) is 75.3 Å². The molecule has 2 rings (SSSR count). The molecule has 0 bridgehead atoms. The highest BCUT2D eigenvalue weighted by Gasteiger charge is 2.27. The number of hydrogen-bond donors (Lipinski definition) is 2. The summed E-state index contributed by atoms with van der Waals surface area (Å²) in [5, 5.41) is 0. The first-order valence-corrected chi connectivity index (χ1v) is 14.3. The number of benzene rings is 1. The molecule has 9 heteroatoms. The second-order valence-electron chi connectivity index (χ2n) is 8.65. The topological polar surface area (TPSA) is 92.3 Å². The second kappa shape index (κ2) is 10.1. The summed E-state index contributed by atoms with van der Waals surface area (Å²) in [4.78, 5) is 1.21. The van der Waals surface area contributed by atoms with Gasteiger partial charge < -0.3 is 0 Å². The minimum atomic E-state index is -3.81. The summed E-state index contributed by atoms with van der Waals surface area (Å²) < 4.78 is 56.5. The fourth-order valence-corrected chi connectivity index (χ4v) is 7.36. The minimum absolute atomic E-state index is 0.0309. The van der Waals surface area contributed by atoms with Crippen LogP contribution in [-0.4, -0.2) is 29.9 Å². The summed E-state index contributed by atoms with van der Waals surface area (Å²) in [7, 11) is -7.46. The Labute approximate surface area is 191 Å². The first-order chi connectivity index (χ1) is 14.3. The maximum atomic E-state index is 13.3. The Morgan fingerprint density at radius 2 is 1.26 bits per heavy atom. The molecule has 0 aliphatic carbocycles. The van der Waals surface area contributed by atoms with Gasteiger partial charge in [0.1, 0.15) is 4.21 Å². The van der Waals surface area contributed by atoms with Crippen molar-refractivity contribution in [3.05, 3.63) is 45.8 Å². The van der Waals surface area contributed by atoms with Crippen LogP contribution in [0.15, 0.2) is 33.4 Å². The predicted molar refractivity (Wildman–Crippen MR) is 128 cm³/mol. The van der Waals surface area contributed by atoms with Crippen LogP contribution in [-0.2, 0) is 20.0 Å². The SMILES string of the molecule is Cc1ccc(S(=O)(=O)NCCNS(=O)(=O)c2c(C(C)C)cc(C(C)C)cc2C(C)C)s1. The number of aryl methyl sites for hydroxylation is 1. The Balaban J connectivity index is 2.26. The van der Waals surface area contributed by atoms with Crippen LogP contribution in [0.2, 0.25) is 0 Å². The maximum Gasteiger partial charge on any atom is 0.250 e. The van der Waals surface area contributed by atoms with E-state index in [0.717, 1.165) is 21.6 Å². The summed E-state index contributed by atoms with van der Waals surface area (Å²) in [5.41, 5.74) is 2.69. The van der Waals surface area contributed by atoms with Gasteiger partial charge in [0.15, 0.2) is 0 Å². The normalized spacial score (nSPS) is 13.0. The van der Waals surface area contributed by atoms with Crippen molar-refractivity contribution in [1.82, 2.24) is 9.44 Å². The van der Waals surface area contributed by atoms with Gasteiger partial charge in [0.05, 0.1) is 4.90 Å². The Morgan fingerprint density at radius 1 is 0.774 bits per heavy atom. The molecule has 0 atom stereocenters. The van der Waals surface area contributed by atoms with E-state index in [0.29, 0.717) is 4.90 Å². The van der Waals surface area contributed by atoms with Crippen molar-refractivity contribution in [2.75, 3.05) is 13.1 Å². The maximum absolute atomic E-state index is 13.3. The fourth-order valence-electron chi connectivity index (χ4n) is 3.27. The van der Waals surface area contributed by atoms with Crippen LogP contribution in [0.25, 0.3) is 0 Å². The van der Waals surface area contributed by atoms with Crippen LogP contribution in [0.3, 0.4) is 0 Å². The summed E-state index contributed by atoms with van der Waals surface area (Å²) >= 11 is 1.18. The largest absolute Gasteiger partial charge is 0.250 e. The monoisotopic (exact) mass is 486 g/mol. The van der Waals surface area contributed by atoms with E-state index in [1.165, 1.54) is 11.3 Å². The van der Waals surface area contributed by atoms with E-state index in [4.69, 9.17) is 0 Å². The molecule has 0 unspecified atom stereocenters. The molecule has 6 nitrogen and oxygen atoms in total. The molecule has 0 aliphatic rings. The smallest absolute Gasteiger partial charge is 0.210 e. The van der Waals surface area contributed by atoms with Gasteiger partial charge in [0, 0.05) is 18.0 Å². The Bertz CT molecular complexity index is 1090. The lowest BCUT2D eigenvalue weighted by Gasteiger charge is -2.23. The molecule has 0 saturated carbocycles. The molecule has 0 saturated heterocycles. The van der Waals surface area contributed by atoms with Crippen LogP contribution >= 0.6 is 11.3 Å². The molecule has 174 valence electrons. The highest BCUT2D eigenvalue weighted by molar-refractivity contribution is 7.91. The van der Waals surface area contributed by atoms with Crippen LogP contribution in [0.4, 0.5) is 0 Å². The van der Waals surface area contributed by atoms with Gasteiger partial charge in [-0.25, -0.2) is 26.3 Å². The molecule has 1 aromatic heterocycles. The zero-order chi connectivity index (χ0) is 23.6. The molecule has 0 fully saturated rings. The molecule has 2 aromatic rings.